The SMILES string of the molecule is Clc1ccc(Cc2cc(-c3nn[nH]n3)sc2-c2ccccc2-c2ccccc2)cc1. The summed E-state index contributed by atoms with van der Waals surface area (Å²) in [5.74, 6) is 0.612. The summed E-state index contributed by atoms with van der Waals surface area (Å²) in [6, 6.07) is 29.2. The average molecular weight is 429 g/mol. The van der Waals surface area contributed by atoms with Gasteiger partial charge in [-0.15, -0.1) is 21.5 Å². The van der Waals surface area contributed by atoms with Crippen molar-refractivity contribution in [1.82, 2.24) is 20.6 Å². The van der Waals surface area contributed by atoms with Gasteiger partial charge in [-0.1, -0.05) is 78.3 Å². The van der Waals surface area contributed by atoms with Crippen LogP contribution in [0.5, 0.6) is 0 Å². The van der Waals surface area contributed by atoms with Gasteiger partial charge in [-0.2, -0.15) is 5.21 Å². The number of H-pyrrole nitrogens is 1. The zero-order valence-corrected chi connectivity index (χ0v) is 17.5. The van der Waals surface area contributed by atoms with Gasteiger partial charge in [0.2, 0.25) is 5.82 Å². The summed E-state index contributed by atoms with van der Waals surface area (Å²) < 4.78 is 0. The molecule has 4 nitrogen and oxygen atoms in total. The highest BCUT2D eigenvalue weighted by Crippen LogP contribution is 2.42. The first kappa shape index (κ1) is 18.7. The van der Waals surface area contributed by atoms with Crippen molar-refractivity contribution in [3.8, 4) is 32.3 Å². The van der Waals surface area contributed by atoms with E-state index in [-0.39, 0.29) is 0 Å². The second-order valence-electron chi connectivity index (χ2n) is 6.92. The zero-order valence-electron chi connectivity index (χ0n) is 15.9. The van der Waals surface area contributed by atoms with Gasteiger partial charge < -0.3 is 0 Å². The quantitative estimate of drug-likeness (QED) is 0.347. The maximum atomic E-state index is 6.08. The van der Waals surface area contributed by atoms with E-state index in [0.717, 1.165) is 16.3 Å². The van der Waals surface area contributed by atoms with Crippen LogP contribution in [-0.4, -0.2) is 20.6 Å². The Bertz CT molecular complexity index is 1260. The van der Waals surface area contributed by atoms with E-state index >= 15 is 0 Å². The summed E-state index contributed by atoms with van der Waals surface area (Å²) in [7, 11) is 0. The average Bonchev–Trinajstić information content (AvgIpc) is 3.46. The van der Waals surface area contributed by atoms with Gasteiger partial charge >= 0.3 is 0 Å². The van der Waals surface area contributed by atoms with Gasteiger partial charge in [0.1, 0.15) is 0 Å². The number of hydrogen-bond acceptors (Lipinski definition) is 4. The van der Waals surface area contributed by atoms with Gasteiger partial charge in [-0.05, 0) is 57.7 Å². The molecule has 0 aliphatic carbocycles. The minimum absolute atomic E-state index is 0.612. The molecule has 0 spiro atoms. The molecule has 2 heterocycles. The Morgan fingerprint density at radius 3 is 2.30 bits per heavy atom. The lowest BCUT2D eigenvalue weighted by Crippen LogP contribution is -1.90. The molecule has 5 rings (SSSR count). The molecule has 0 saturated carbocycles. The molecule has 0 fully saturated rings. The third-order valence-corrected chi connectivity index (χ3v) is 6.40. The number of tetrazole rings is 1. The Hall–Kier alpha value is -3.28. The predicted molar refractivity (Wildman–Crippen MR) is 123 cm³/mol. The van der Waals surface area contributed by atoms with E-state index in [9.17, 15) is 0 Å². The topological polar surface area (TPSA) is 54.5 Å². The van der Waals surface area contributed by atoms with Crippen molar-refractivity contribution in [1.29, 1.82) is 0 Å². The van der Waals surface area contributed by atoms with Crippen LogP contribution < -0.4 is 0 Å². The standard InChI is InChI=1S/C24H17ClN4S/c25-19-12-10-16(11-13-19)14-18-15-22(24-26-28-29-27-24)30-23(18)21-9-5-4-8-20(21)17-6-2-1-3-7-17/h1-13,15H,14H2,(H,26,27,28,29). The van der Waals surface area contributed by atoms with E-state index in [2.05, 4.69) is 87.4 Å². The number of nitrogens with one attached hydrogen (secondary N) is 1. The van der Waals surface area contributed by atoms with Crippen molar-refractivity contribution in [3.05, 3.63) is 101 Å². The van der Waals surface area contributed by atoms with Crippen molar-refractivity contribution in [2.45, 2.75) is 6.42 Å². The zero-order chi connectivity index (χ0) is 20.3. The molecule has 6 heteroatoms. The molecule has 3 aromatic carbocycles. The molecule has 0 unspecified atom stereocenters. The molecule has 0 radical (unpaired) electrons. The van der Waals surface area contributed by atoms with Gasteiger partial charge in [-0.3, -0.25) is 0 Å². The summed E-state index contributed by atoms with van der Waals surface area (Å²) in [5.41, 5.74) is 6.03. The highest BCUT2D eigenvalue weighted by molar-refractivity contribution is 7.19. The Kier molecular flexibility index (Phi) is 5.13. The lowest BCUT2D eigenvalue weighted by atomic mass is 9.95. The minimum atomic E-state index is 0.612. The molecule has 146 valence electrons. The van der Waals surface area contributed by atoms with Crippen LogP contribution in [0.1, 0.15) is 11.1 Å². The molecule has 0 aliphatic heterocycles. The van der Waals surface area contributed by atoms with Crippen molar-refractivity contribution in [2.75, 3.05) is 0 Å². The van der Waals surface area contributed by atoms with Crippen LogP contribution in [0.2, 0.25) is 5.02 Å². The first-order valence-electron chi connectivity index (χ1n) is 9.54. The Morgan fingerprint density at radius 2 is 1.57 bits per heavy atom. The highest BCUT2D eigenvalue weighted by Gasteiger charge is 2.18. The van der Waals surface area contributed by atoms with Crippen LogP contribution in [0, 0.1) is 0 Å². The van der Waals surface area contributed by atoms with Crippen LogP contribution in [-0.2, 0) is 6.42 Å². The summed E-state index contributed by atoms with van der Waals surface area (Å²) in [5, 5.41) is 15.4. The van der Waals surface area contributed by atoms with Gasteiger partial charge in [-0.25, -0.2) is 0 Å². The molecule has 0 amide bonds. The Balaban J connectivity index is 1.65. The highest BCUT2D eigenvalue weighted by atomic mass is 35.5. The number of hydrogen-bond donors (Lipinski definition) is 1. The Morgan fingerprint density at radius 1 is 0.833 bits per heavy atom. The third-order valence-electron chi connectivity index (χ3n) is 4.94. The molecular weight excluding hydrogens is 412 g/mol. The molecule has 0 atom stereocenters. The molecule has 0 aliphatic rings. The van der Waals surface area contributed by atoms with Crippen molar-refractivity contribution in [3.63, 3.8) is 0 Å². The minimum Gasteiger partial charge on any atom is -0.177 e. The van der Waals surface area contributed by atoms with Crippen LogP contribution in [0.4, 0.5) is 0 Å². The fraction of sp³-hybridized carbons (Fsp3) is 0.0417. The summed E-state index contributed by atoms with van der Waals surface area (Å²) in [6.07, 6.45) is 0.796. The molecule has 2 aromatic heterocycles. The normalized spacial score (nSPS) is 11.0. The van der Waals surface area contributed by atoms with Gasteiger partial charge in [0.25, 0.3) is 0 Å². The van der Waals surface area contributed by atoms with E-state index in [4.69, 9.17) is 11.6 Å². The lowest BCUT2D eigenvalue weighted by molar-refractivity contribution is 0.881. The van der Waals surface area contributed by atoms with Crippen LogP contribution >= 0.6 is 22.9 Å². The maximum Gasteiger partial charge on any atom is 0.214 e. The van der Waals surface area contributed by atoms with Crippen LogP contribution in [0.15, 0.2) is 84.9 Å². The van der Waals surface area contributed by atoms with E-state index in [1.165, 1.54) is 32.7 Å². The number of benzene rings is 3. The number of aromatic amines is 1. The van der Waals surface area contributed by atoms with E-state index < -0.39 is 0 Å². The van der Waals surface area contributed by atoms with Gasteiger partial charge in [0.05, 0.1) is 4.88 Å². The van der Waals surface area contributed by atoms with E-state index in [1.807, 2.05) is 18.2 Å². The third kappa shape index (κ3) is 3.77. The van der Waals surface area contributed by atoms with Crippen LogP contribution in [0.3, 0.4) is 0 Å². The molecule has 30 heavy (non-hydrogen) atoms. The molecule has 1 N–H and O–H groups in total. The number of rotatable bonds is 5. The number of thiophene rings is 1. The first-order valence-corrected chi connectivity index (χ1v) is 10.7. The first-order chi connectivity index (χ1) is 14.8. The fourth-order valence-corrected chi connectivity index (χ4v) is 4.81. The van der Waals surface area contributed by atoms with Crippen molar-refractivity contribution in [2.24, 2.45) is 0 Å². The van der Waals surface area contributed by atoms with E-state index in [0.29, 0.717) is 5.82 Å². The predicted octanol–water partition coefficient (Wildman–Crippen LogP) is 6.51. The van der Waals surface area contributed by atoms with E-state index in [1.54, 1.807) is 11.3 Å². The maximum absolute atomic E-state index is 6.08. The largest absolute Gasteiger partial charge is 0.214 e. The summed E-state index contributed by atoms with van der Waals surface area (Å²) in [4.78, 5) is 2.20. The Labute approximate surface area is 183 Å². The fourth-order valence-electron chi connectivity index (χ4n) is 3.54. The second-order valence-corrected chi connectivity index (χ2v) is 8.40. The molecule has 0 saturated heterocycles. The molecule has 5 aromatic rings. The molecule has 0 bridgehead atoms. The van der Waals surface area contributed by atoms with Crippen molar-refractivity contribution >= 4 is 22.9 Å². The van der Waals surface area contributed by atoms with Crippen LogP contribution in [0.25, 0.3) is 32.3 Å². The summed E-state index contributed by atoms with van der Waals surface area (Å²) >= 11 is 7.77. The second kappa shape index (κ2) is 8.22. The lowest BCUT2D eigenvalue weighted by Gasteiger charge is -2.11. The van der Waals surface area contributed by atoms with Gasteiger partial charge in [0, 0.05) is 9.90 Å². The van der Waals surface area contributed by atoms with Crippen molar-refractivity contribution < 1.29 is 0 Å². The van der Waals surface area contributed by atoms with Gasteiger partial charge in [0.15, 0.2) is 0 Å². The molecular formula is C24H17ClN4S. The number of aromatic nitrogens is 4. The monoisotopic (exact) mass is 428 g/mol. The summed E-state index contributed by atoms with van der Waals surface area (Å²) in [6.45, 7) is 0. The number of nitrogens with zero attached hydrogens (tertiary/aromatic N) is 3. The smallest absolute Gasteiger partial charge is 0.177 e. The number of halogens is 1.